The van der Waals surface area contributed by atoms with E-state index in [4.69, 9.17) is 11.5 Å². The predicted octanol–water partition coefficient (Wildman–Crippen LogP) is -0.285. The second kappa shape index (κ2) is 13.2. The Morgan fingerprint density at radius 3 is 2.13 bits per heavy atom. The first-order valence-corrected chi connectivity index (χ1v) is 12.3. The van der Waals surface area contributed by atoms with Gasteiger partial charge in [0.05, 0.1) is 12.5 Å². The van der Waals surface area contributed by atoms with E-state index in [2.05, 4.69) is 20.9 Å². The normalized spacial score (nSPS) is 14.0. The third-order valence-electron chi connectivity index (χ3n) is 6.13. The van der Waals surface area contributed by atoms with Gasteiger partial charge in [0, 0.05) is 23.5 Å². The molecule has 12 nitrogen and oxygen atoms in total. The number of fused-ring (bicyclic) bond motifs is 1. The Balaban J connectivity index is 1.79. The van der Waals surface area contributed by atoms with Gasteiger partial charge in [0.25, 0.3) is 0 Å². The van der Waals surface area contributed by atoms with Crippen LogP contribution in [0.2, 0.25) is 0 Å². The van der Waals surface area contributed by atoms with Crippen LogP contribution in [0.4, 0.5) is 0 Å². The van der Waals surface area contributed by atoms with Gasteiger partial charge >= 0.3 is 5.97 Å². The van der Waals surface area contributed by atoms with Gasteiger partial charge in [0.2, 0.25) is 23.6 Å². The highest BCUT2D eigenvalue weighted by Gasteiger charge is 2.31. The molecule has 2 aromatic carbocycles. The smallest absolute Gasteiger partial charge is 0.325 e. The molecule has 3 aromatic rings. The molecule has 39 heavy (non-hydrogen) atoms. The van der Waals surface area contributed by atoms with Crippen molar-refractivity contribution in [3.05, 3.63) is 71.9 Å². The van der Waals surface area contributed by atoms with Crippen molar-refractivity contribution in [2.24, 2.45) is 11.5 Å². The summed E-state index contributed by atoms with van der Waals surface area (Å²) in [5.41, 5.74) is 13.6. The van der Waals surface area contributed by atoms with Gasteiger partial charge in [0.1, 0.15) is 18.1 Å². The minimum Gasteiger partial charge on any atom is -0.480 e. The molecule has 0 fully saturated rings. The SMILES string of the molecule is CC(NC(=O)C(Cc1c[nH]c2ccccc12)NC(=O)C(CC(N)=O)NC(=O)C(N)Cc1ccccc1)C(=O)O. The van der Waals surface area contributed by atoms with Crippen LogP contribution in [0.15, 0.2) is 60.8 Å². The molecule has 0 spiro atoms. The number of aliphatic carboxylic acids is 1. The number of benzene rings is 2. The van der Waals surface area contributed by atoms with Gasteiger partial charge in [-0.3, -0.25) is 24.0 Å². The fourth-order valence-corrected chi connectivity index (χ4v) is 4.03. The van der Waals surface area contributed by atoms with Crippen molar-refractivity contribution in [3.63, 3.8) is 0 Å². The highest BCUT2D eigenvalue weighted by molar-refractivity contribution is 5.96. The van der Waals surface area contributed by atoms with Crippen LogP contribution in [0.3, 0.4) is 0 Å². The molecule has 1 aromatic heterocycles. The van der Waals surface area contributed by atoms with E-state index in [1.165, 1.54) is 6.92 Å². The number of primary amides is 1. The lowest BCUT2D eigenvalue weighted by atomic mass is 10.0. The Labute approximate surface area is 224 Å². The highest BCUT2D eigenvalue weighted by Crippen LogP contribution is 2.19. The molecule has 12 heteroatoms. The molecule has 4 atom stereocenters. The lowest BCUT2D eigenvalue weighted by Crippen LogP contribution is -2.58. The molecule has 0 saturated carbocycles. The maximum absolute atomic E-state index is 13.2. The lowest BCUT2D eigenvalue weighted by molar-refractivity contribution is -0.142. The number of para-hydroxylation sites is 1. The molecular weight excluding hydrogens is 504 g/mol. The number of nitrogens with one attached hydrogen (secondary N) is 4. The Bertz CT molecular complexity index is 1340. The summed E-state index contributed by atoms with van der Waals surface area (Å²) in [6, 6.07) is 11.5. The number of aromatic nitrogens is 1. The summed E-state index contributed by atoms with van der Waals surface area (Å²) >= 11 is 0. The minimum atomic E-state index is -1.41. The van der Waals surface area contributed by atoms with Crippen LogP contribution in [-0.4, -0.2) is 63.9 Å². The first-order chi connectivity index (χ1) is 18.5. The van der Waals surface area contributed by atoms with E-state index < -0.39 is 60.2 Å². The molecule has 0 aliphatic heterocycles. The predicted molar refractivity (Wildman–Crippen MR) is 143 cm³/mol. The molecule has 4 amide bonds. The van der Waals surface area contributed by atoms with Crippen LogP contribution in [0.25, 0.3) is 10.9 Å². The van der Waals surface area contributed by atoms with Crippen LogP contribution >= 0.6 is 0 Å². The van der Waals surface area contributed by atoms with Gasteiger partial charge in [0.15, 0.2) is 0 Å². The highest BCUT2D eigenvalue weighted by atomic mass is 16.4. The van der Waals surface area contributed by atoms with Gasteiger partial charge in [-0.05, 0) is 30.5 Å². The molecule has 206 valence electrons. The maximum atomic E-state index is 13.2. The average molecular weight is 537 g/mol. The molecule has 0 aliphatic rings. The second-order valence-electron chi connectivity index (χ2n) is 9.22. The molecule has 0 radical (unpaired) electrons. The lowest BCUT2D eigenvalue weighted by Gasteiger charge is -2.24. The minimum absolute atomic E-state index is 0.00130. The van der Waals surface area contributed by atoms with Crippen LogP contribution in [0.5, 0.6) is 0 Å². The van der Waals surface area contributed by atoms with E-state index in [9.17, 15) is 29.1 Å². The number of carbonyl (C=O) groups excluding carboxylic acids is 4. The summed E-state index contributed by atoms with van der Waals surface area (Å²) in [6.07, 6.45) is 1.33. The van der Waals surface area contributed by atoms with E-state index in [1.54, 1.807) is 30.5 Å². The van der Waals surface area contributed by atoms with Crippen molar-refractivity contribution in [3.8, 4) is 0 Å². The number of carbonyl (C=O) groups is 5. The molecule has 9 N–H and O–H groups in total. The number of rotatable bonds is 13. The third kappa shape index (κ3) is 8.14. The molecule has 0 aliphatic carbocycles. The zero-order valence-electron chi connectivity index (χ0n) is 21.3. The van der Waals surface area contributed by atoms with Gasteiger partial charge in [-0.1, -0.05) is 48.5 Å². The van der Waals surface area contributed by atoms with Crippen molar-refractivity contribution in [2.75, 3.05) is 0 Å². The van der Waals surface area contributed by atoms with Gasteiger partial charge in [-0.2, -0.15) is 0 Å². The van der Waals surface area contributed by atoms with Crippen molar-refractivity contribution in [1.82, 2.24) is 20.9 Å². The molecule has 3 rings (SSSR count). The number of nitrogens with two attached hydrogens (primary N) is 2. The molecule has 0 saturated heterocycles. The van der Waals surface area contributed by atoms with E-state index in [0.717, 1.165) is 16.5 Å². The Morgan fingerprint density at radius 2 is 1.46 bits per heavy atom. The standard InChI is InChI=1S/C27H32N6O6/c1-15(27(38)39)31-25(36)21(12-17-14-30-20-10-6-5-9-18(17)20)33-26(37)22(13-23(29)34)32-24(35)19(28)11-16-7-3-2-4-8-16/h2-10,14-15,19,21-22,30H,11-13,28H2,1H3,(H2,29,34)(H,31,36)(H,32,35)(H,33,37)(H,38,39). The van der Waals surface area contributed by atoms with E-state index in [0.29, 0.717) is 5.56 Å². The zero-order chi connectivity index (χ0) is 28.5. The van der Waals surface area contributed by atoms with Gasteiger partial charge in [-0.15, -0.1) is 0 Å². The van der Waals surface area contributed by atoms with E-state index in [-0.39, 0.29) is 12.8 Å². The number of hydrogen-bond acceptors (Lipinski definition) is 6. The van der Waals surface area contributed by atoms with Crippen molar-refractivity contribution in [2.45, 2.75) is 50.4 Å². The number of hydrogen-bond donors (Lipinski definition) is 7. The van der Waals surface area contributed by atoms with E-state index >= 15 is 0 Å². The Hall–Kier alpha value is -4.71. The summed E-state index contributed by atoms with van der Waals surface area (Å²) in [7, 11) is 0. The molecular formula is C27H32N6O6. The largest absolute Gasteiger partial charge is 0.480 e. The fraction of sp³-hybridized carbons (Fsp3) is 0.296. The van der Waals surface area contributed by atoms with Crippen molar-refractivity contribution < 1.29 is 29.1 Å². The quantitative estimate of drug-likeness (QED) is 0.155. The van der Waals surface area contributed by atoms with Crippen molar-refractivity contribution >= 4 is 40.5 Å². The molecule has 1 heterocycles. The fourth-order valence-electron chi connectivity index (χ4n) is 4.03. The summed E-state index contributed by atoms with van der Waals surface area (Å²) in [5, 5.41) is 17.4. The number of H-pyrrole nitrogens is 1. The number of aromatic amines is 1. The monoisotopic (exact) mass is 536 g/mol. The van der Waals surface area contributed by atoms with Crippen LogP contribution < -0.4 is 27.4 Å². The Morgan fingerprint density at radius 1 is 0.846 bits per heavy atom. The van der Waals surface area contributed by atoms with Crippen LogP contribution in [-0.2, 0) is 36.8 Å². The maximum Gasteiger partial charge on any atom is 0.325 e. The van der Waals surface area contributed by atoms with Gasteiger partial charge < -0.3 is 37.5 Å². The summed E-state index contributed by atoms with van der Waals surface area (Å²) in [6.45, 7) is 1.29. The van der Waals surface area contributed by atoms with Gasteiger partial charge in [-0.25, -0.2) is 0 Å². The second-order valence-corrected chi connectivity index (χ2v) is 9.22. The summed E-state index contributed by atoms with van der Waals surface area (Å²) < 4.78 is 0. The average Bonchev–Trinajstić information content (AvgIpc) is 3.30. The number of amides is 4. The summed E-state index contributed by atoms with van der Waals surface area (Å²) in [5.74, 6) is -4.40. The summed E-state index contributed by atoms with van der Waals surface area (Å²) in [4.78, 5) is 65.1. The third-order valence-corrected chi connectivity index (χ3v) is 6.13. The van der Waals surface area contributed by atoms with Crippen LogP contribution in [0, 0.1) is 0 Å². The molecule has 4 unspecified atom stereocenters. The topological polar surface area (TPSA) is 210 Å². The Kier molecular flexibility index (Phi) is 9.76. The first kappa shape index (κ1) is 28.9. The first-order valence-electron chi connectivity index (χ1n) is 12.3. The van der Waals surface area contributed by atoms with Crippen molar-refractivity contribution in [1.29, 1.82) is 0 Å². The zero-order valence-corrected chi connectivity index (χ0v) is 21.3. The number of carboxylic acid groups (broad SMARTS) is 1. The molecule has 0 bridgehead atoms. The van der Waals surface area contributed by atoms with Crippen LogP contribution in [0.1, 0.15) is 24.5 Å². The van der Waals surface area contributed by atoms with E-state index in [1.807, 2.05) is 30.3 Å². The number of carboxylic acids is 1.